The first-order valence-electron chi connectivity index (χ1n) is 9.71. The van der Waals surface area contributed by atoms with Gasteiger partial charge in [-0.3, -0.25) is 4.79 Å². The van der Waals surface area contributed by atoms with Crippen LogP contribution >= 0.6 is 11.8 Å². The number of ketones is 1. The van der Waals surface area contributed by atoms with E-state index < -0.39 is 0 Å². The van der Waals surface area contributed by atoms with Crippen LogP contribution in [0, 0.1) is 20.8 Å². The van der Waals surface area contributed by atoms with E-state index in [9.17, 15) is 4.79 Å². The summed E-state index contributed by atoms with van der Waals surface area (Å²) in [6.07, 6.45) is 0.905. The lowest BCUT2D eigenvalue weighted by molar-refractivity contribution is 0.102. The highest BCUT2D eigenvalue weighted by atomic mass is 32.2. The molecule has 0 aliphatic rings. The Morgan fingerprint density at radius 2 is 1.97 bits per heavy atom. The standard InChI is InChI=1S/C21H27N5O3S/c1-14-7-8-20(29-5)18(11-14)26-21(22-23-24-26)30-13-19(27)17-12-15(2)25(16(17)3)9-6-10-28-4/h7-8,11-12H,6,9-10,13H2,1-5H3. The maximum atomic E-state index is 12.9. The minimum atomic E-state index is 0.0526. The van der Waals surface area contributed by atoms with Crippen molar-refractivity contribution in [2.45, 2.75) is 38.9 Å². The summed E-state index contributed by atoms with van der Waals surface area (Å²) < 4.78 is 14.4. The molecule has 0 fully saturated rings. The zero-order valence-corrected chi connectivity index (χ0v) is 18.8. The summed E-state index contributed by atoms with van der Waals surface area (Å²) in [4.78, 5) is 12.9. The van der Waals surface area contributed by atoms with Crippen LogP contribution in [0.1, 0.15) is 33.7 Å². The van der Waals surface area contributed by atoms with E-state index in [-0.39, 0.29) is 11.5 Å². The van der Waals surface area contributed by atoms with Crippen molar-refractivity contribution in [3.63, 3.8) is 0 Å². The summed E-state index contributed by atoms with van der Waals surface area (Å²) >= 11 is 1.31. The van der Waals surface area contributed by atoms with Crippen molar-refractivity contribution in [1.82, 2.24) is 24.8 Å². The van der Waals surface area contributed by atoms with Gasteiger partial charge < -0.3 is 14.0 Å². The maximum Gasteiger partial charge on any atom is 0.214 e. The number of tetrazole rings is 1. The monoisotopic (exact) mass is 429 g/mol. The third-order valence-electron chi connectivity index (χ3n) is 4.94. The fourth-order valence-corrected chi connectivity index (χ4v) is 4.16. The van der Waals surface area contributed by atoms with Gasteiger partial charge in [0, 0.05) is 37.2 Å². The second-order valence-electron chi connectivity index (χ2n) is 7.04. The lowest BCUT2D eigenvalue weighted by Gasteiger charge is -2.10. The molecule has 0 aliphatic carbocycles. The van der Waals surface area contributed by atoms with Gasteiger partial charge >= 0.3 is 0 Å². The molecular weight excluding hydrogens is 402 g/mol. The number of nitrogens with zero attached hydrogens (tertiary/aromatic N) is 5. The van der Waals surface area contributed by atoms with E-state index in [0.717, 1.165) is 41.2 Å². The summed E-state index contributed by atoms with van der Waals surface area (Å²) in [6, 6.07) is 7.75. The van der Waals surface area contributed by atoms with E-state index in [1.165, 1.54) is 11.8 Å². The molecule has 0 radical (unpaired) electrons. The second-order valence-corrected chi connectivity index (χ2v) is 7.99. The molecule has 3 aromatic rings. The van der Waals surface area contributed by atoms with Gasteiger partial charge in [-0.1, -0.05) is 17.8 Å². The molecule has 0 spiro atoms. The van der Waals surface area contributed by atoms with E-state index in [1.807, 2.05) is 45.0 Å². The Morgan fingerprint density at radius 1 is 1.17 bits per heavy atom. The molecule has 3 rings (SSSR count). The Morgan fingerprint density at radius 3 is 2.70 bits per heavy atom. The Labute approximate surface area is 180 Å². The molecule has 30 heavy (non-hydrogen) atoms. The van der Waals surface area contributed by atoms with Gasteiger partial charge in [0.05, 0.1) is 12.9 Å². The molecule has 0 aliphatic heterocycles. The molecule has 9 heteroatoms. The van der Waals surface area contributed by atoms with Gasteiger partial charge in [0.2, 0.25) is 5.16 Å². The number of hydrogen-bond donors (Lipinski definition) is 0. The summed E-state index contributed by atoms with van der Waals surface area (Å²) in [5, 5.41) is 12.5. The quantitative estimate of drug-likeness (QED) is 0.277. The molecular formula is C21H27N5O3S. The zero-order chi connectivity index (χ0) is 21.7. The average molecular weight is 430 g/mol. The molecule has 1 aromatic carbocycles. The van der Waals surface area contributed by atoms with Gasteiger partial charge in [0.1, 0.15) is 11.4 Å². The van der Waals surface area contributed by atoms with Crippen LogP contribution in [-0.2, 0) is 11.3 Å². The van der Waals surface area contributed by atoms with Crippen molar-refractivity contribution in [2.75, 3.05) is 26.6 Å². The number of carbonyl (C=O) groups is 1. The first-order valence-corrected chi connectivity index (χ1v) is 10.7. The largest absolute Gasteiger partial charge is 0.494 e. The molecule has 0 atom stereocenters. The number of ether oxygens (including phenoxy) is 2. The first kappa shape index (κ1) is 22.0. The Kier molecular flexibility index (Phi) is 7.28. The van der Waals surface area contributed by atoms with Crippen LogP contribution in [0.5, 0.6) is 5.75 Å². The van der Waals surface area contributed by atoms with Gasteiger partial charge in [0.25, 0.3) is 0 Å². The fourth-order valence-electron chi connectivity index (χ4n) is 3.39. The number of methoxy groups -OCH3 is 2. The number of rotatable bonds is 10. The normalized spacial score (nSPS) is 11.1. The topological polar surface area (TPSA) is 84.1 Å². The van der Waals surface area contributed by atoms with E-state index in [0.29, 0.717) is 17.5 Å². The smallest absolute Gasteiger partial charge is 0.214 e. The van der Waals surface area contributed by atoms with Crippen molar-refractivity contribution in [1.29, 1.82) is 0 Å². The van der Waals surface area contributed by atoms with Crippen LogP contribution in [0.3, 0.4) is 0 Å². The number of Topliss-reactive ketones (excluding diaryl/α,β-unsaturated/α-hetero) is 1. The summed E-state index contributed by atoms with van der Waals surface area (Å²) in [5.41, 5.74) is 4.60. The molecule has 0 amide bonds. The predicted octanol–water partition coefficient (Wildman–Crippen LogP) is 3.41. The lowest BCUT2D eigenvalue weighted by atomic mass is 10.2. The Bertz CT molecular complexity index is 1030. The lowest BCUT2D eigenvalue weighted by Crippen LogP contribution is -2.09. The number of benzene rings is 1. The van der Waals surface area contributed by atoms with Crippen LogP contribution < -0.4 is 4.74 Å². The highest BCUT2D eigenvalue weighted by Crippen LogP contribution is 2.27. The van der Waals surface area contributed by atoms with Crippen LogP contribution in [0.4, 0.5) is 0 Å². The zero-order valence-electron chi connectivity index (χ0n) is 18.0. The molecule has 0 N–H and O–H groups in total. The predicted molar refractivity (Wildman–Crippen MR) is 116 cm³/mol. The highest BCUT2D eigenvalue weighted by Gasteiger charge is 2.19. The fraction of sp³-hybridized carbons (Fsp3) is 0.429. The maximum absolute atomic E-state index is 12.9. The SMILES string of the molecule is COCCCn1c(C)cc(C(=O)CSc2nnnn2-c2cc(C)ccc2OC)c1C. The third kappa shape index (κ3) is 4.73. The van der Waals surface area contributed by atoms with Gasteiger partial charge in [0.15, 0.2) is 5.78 Å². The van der Waals surface area contributed by atoms with Gasteiger partial charge in [-0.05, 0) is 61.4 Å². The van der Waals surface area contributed by atoms with Crippen LogP contribution in [-0.4, -0.2) is 57.1 Å². The number of carbonyl (C=O) groups excluding carboxylic acids is 1. The van der Waals surface area contributed by atoms with Gasteiger partial charge in [-0.15, -0.1) is 5.10 Å². The van der Waals surface area contributed by atoms with Crippen molar-refractivity contribution < 1.29 is 14.3 Å². The summed E-state index contributed by atoms with van der Waals surface area (Å²) in [7, 11) is 3.30. The Balaban J connectivity index is 1.75. The third-order valence-corrected chi connectivity index (χ3v) is 5.86. The molecule has 2 heterocycles. The summed E-state index contributed by atoms with van der Waals surface area (Å²) in [5.74, 6) is 0.967. The number of thioether (sulfide) groups is 1. The number of hydrogen-bond acceptors (Lipinski definition) is 7. The highest BCUT2D eigenvalue weighted by molar-refractivity contribution is 7.99. The molecule has 0 bridgehead atoms. The van der Waals surface area contributed by atoms with Gasteiger partial charge in [-0.25, -0.2) is 0 Å². The second kappa shape index (κ2) is 9.90. The van der Waals surface area contributed by atoms with E-state index in [4.69, 9.17) is 9.47 Å². The first-order chi connectivity index (χ1) is 14.5. The van der Waals surface area contributed by atoms with Crippen molar-refractivity contribution in [3.8, 4) is 11.4 Å². The molecule has 0 saturated heterocycles. The molecule has 8 nitrogen and oxygen atoms in total. The van der Waals surface area contributed by atoms with E-state index in [2.05, 4.69) is 20.1 Å². The van der Waals surface area contributed by atoms with Crippen molar-refractivity contribution >= 4 is 17.5 Å². The minimum absolute atomic E-state index is 0.0526. The minimum Gasteiger partial charge on any atom is -0.494 e. The van der Waals surface area contributed by atoms with Crippen LogP contribution in [0.15, 0.2) is 29.4 Å². The molecule has 2 aromatic heterocycles. The van der Waals surface area contributed by atoms with E-state index in [1.54, 1.807) is 18.9 Å². The Hall–Kier alpha value is -2.65. The molecule has 0 unspecified atom stereocenters. The van der Waals surface area contributed by atoms with Crippen LogP contribution in [0.2, 0.25) is 0 Å². The average Bonchev–Trinajstić information content (AvgIpc) is 3.31. The van der Waals surface area contributed by atoms with Crippen molar-refractivity contribution in [3.05, 3.63) is 46.8 Å². The van der Waals surface area contributed by atoms with Gasteiger partial charge in [-0.2, -0.15) is 4.68 Å². The number of aryl methyl sites for hydroxylation is 2. The van der Waals surface area contributed by atoms with E-state index >= 15 is 0 Å². The number of aromatic nitrogens is 5. The molecule has 0 saturated carbocycles. The van der Waals surface area contributed by atoms with Crippen molar-refractivity contribution in [2.24, 2.45) is 0 Å². The molecule has 160 valence electrons. The summed E-state index contributed by atoms with van der Waals surface area (Å²) in [6.45, 7) is 7.53. The van der Waals surface area contributed by atoms with Crippen LogP contribution in [0.25, 0.3) is 5.69 Å².